The van der Waals surface area contributed by atoms with Crippen LogP contribution < -0.4 is 9.47 Å². The maximum atomic E-state index is 12.1. The number of carbonyl (C=O) groups excluding carboxylic acids is 1. The van der Waals surface area contributed by atoms with Crippen LogP contribution in [0.4, 0.5) is 0 Å². The first-order valence-electron chi connectivity index (χ1n) is 10.4. The molecule has 0 saturated carbocycles. The standard InChI is InChI=1S/C23H27ClN2O4/c1-4-28-22(27)15(2)26-12-10-16(11-13-26)18-6-5-7-19-21(18)30-23(3,29-19)20-9-8-17(24)14-25-20/h5-9,14-16H,4,10-13H2,1-3H3. The Morgan fingerprint density at radius 3 is 2.73 bits per heavy atom. The van der Waals surface area contributed by atoms with E-state index in [9.17, 15) is 4.79 Å². The SMILES string of the molecule is CCOC(=O)C(C)N1CCC(c2cccc3c2OC(C)(c2ccc(Cl)cn2)O3)CC1. The minimum absolute atomic E-state index is 0.153. The number of fused-ring (bicyclic) bond motifs is 1. The van der Waals surface area contributed by atoms with Crippen molar-refractivity contribution < 1.29 is 19.0 Å². The molecule has 0 N–H and O–H groups in total. The Morgan fingerprint density at radius 1 is 1.30 bits per heavy atom. The summed E-state index contributed by atoms with van der Waals surface area (Å²) in [5.41, 5.74) is 1.82. The first-order chi connectivity index (χ1) is 14.4. The number of hydrogen-bond donors (Lipinski definition) is 0. The second-order valence-electron chi connectivity index (χ2n) is 7.92. The second-order valence-corrected chi connectivity index (χ2v) is 8.36. The third-order valence-corrected chi connectivity index (χ3v) is 6.17. The van der Waals surface area contributed by atoms with Gasteiger partial charge in [0.25, 0.3) is 5.79 Å². The van der Waals surface area contributed by atoms with Gasteiger partial charge in [-0.1, -0.05) is 23.7 Å². The van der Waals surface area contributed by atoms with Gasteiger partial charge in [-0.3, -0.25) is 14.7 Å². The summed E-state index contributed by atoms with van der Waals surface area (Å²) < 4.78 is 17.7. The molecule has 0 aliphatic carbocycles. The summed E-state index contributed by atoms with van der Waals surface area (Å²) in [5.74, 6) is 0.722. The Labute approximate surface area is 182 Å². The van der Waals surface area contributed by atoms with E-state index >= 15 is 0 Å². The van der Waals surface area contributed by atoms with Crippen LogP contribution in [-0.2, 0) is 15.3 Å². The van der Waals surface area contributed by atoms with Gasteiger partial charge in [-0.2, -0.15) is 0 Å². The number of hydrogen-bond acceptors (Lipinski definition) is 6. The van der Waals surface area contributed by atoms with E-state index in [1.54, 1.807) is 12.3 Å². The molecule has 0 spiro atoms. The van der Waals surface area contributed by atoms with Crippen LogP contribution in [0, 0.1) is 0 Å². The van der Waals surface area contributed by atoms with Gasteiger partial charge in [0.1, 0.15) is 11.7 Å². The summed E-state index contributed by atoms with van der Waals surface area (Å²) in [5, 5.41) is 0.572. The Kier molecular flexibility index (Phi) is 5.89. The maximum absolute atomic E-state index is 12.1. The zero-order valence-corrected chi connectivity index (χ0v) is 18.3. The van der Waals surface area contributed by atoms with Crippen LogP contribution in [0.2, 0.25) is 5.02 Å². The molecule has 30 heavy (non-hydrogen) atoms. The smallest absolute Gasteiger partial charge is 0.323 e. The molecule has 6 nitrogen and oxygen atoms in total. The molecule has 2 unspecified atom stereocenters. The summed E-state index contributed by atoms with van der Waals surface area (Å²) in [6.07, 6.45) is 3.48. The summed E-state index contributed by atoms with van der Waals surface area (Å²) in [6.45, 7) is 7.71. The van der Waals surface area contributed by atoms with Gasteiger partial charge in [0.05, 0.1) is 11.6 Å². The van der Waals surface area contributed by atoms with Crippen LogP contribution in [0.15, 0.2) is 36.5 Å². The molecule has 1 saturated heterocycles. The number of likely N-dealkylation sites (tertiary alicyclic amines) is 1. The molecule has 4 rings (SSSR count). The van der Waals surface area contributed by atoms with Gasteiger partial charge in [-0.25, -0.2) is 0 Å². The Morgan fingerprint density at radius 2 is 2.07 bits per heavy atom. The molecule has 1 fully saturated rings. The number of pyridine rings is 1. The van der Waals surface area contributed by atoms with E-state index < -0.39 is 5.79 Å². The average Bonchev–Trinajstić information content (AvgIpc) is 3.11. The lowest BCUT2D eigenvalue weighted by Gasteiger charge is -2.35. The van der Waals surface area contributed by atoms with Crippen molar-refractivity contribution in [2.24, 2.45) is 0 Å². The van der Waals surface area contributed by atoms with Gasteiger partial charge < -0.3 is 14.2 Å². The number of rotatable bonds is 5. The number of para-hydroxylation sites is 1. The zero-order valence-electron chi connectivity index (χ0n) is 17.6. The van der Waals surface area contributed by atoms with Crippen molar-refractivity contribution >= 4 is 17.6 Å². The maximum Gasteiger partial charge on any atom is 0.323 e. The van der Waals surface area contributed by atoms with Crippen molar-refractivity contribution in [2.75, 3.05) is 19.7 Å². The summed E-state index contributed by atoms with van der Waals surface area (Å²) in [6, 6.07) is 9.43. The predicted molar refractivity (Wildman–Crippen MR) is 114 cm³/mol. The third kappa shape index (κ3) is 3.98. The van der Waals surface area contributed by atoms with Crippen LogP contribution in [0.25, 0.3) is 0 Å². The van der Waals surface area contributed by atoms with E-state index in [4.69, 9.17) is 25.8 Å². The lowest BCUT2D eigenvalue weighted by molar-refractivity contribution is -0.149. The molecule has 2 aliphatic rings. The quantitative estimate of drug-likeness (QED) is 0.650. The molecule has 1 aromatic heterocycles. The molecule has 2 aliphatic heterocycles. The molecular weight excluding hydrogens is 404 g/mol. The number of ether oxygens (including phenoxy) is 3. The van der Waals surface area contributed by atoms with Gasteiger partial charge in [0.2, 0.25) is 0 Å². The van der Waals surface area contributed by atoms with Gasteiger partial charge in [-0.05, 0) is 63.9 Å². The molecule has 0 bridgehead atoms. The van der Waals surface area contributed by atoms with Crippen LogP contribution in [-0.4, -0.2) is 41.6 Å². The topological polar surface area (TPSA) is 60.9 Å². The fourth-order valence-corrected chi connectivity index (χ4v) is 4.34. The molecule has 160 valence electrons. The van der Waals surface area contributed by atoms with Gasteiger partial charge in [0.15, 0.2) is 11.5 Å². The van der Waals surface area contributed by atoms with E-state index in [2.05, 4.69) is 16.0 Å². The zero-order chi connectivity index (χ0) is 21.3. The van der Waals surface area contributed by atoms with Crippen LogP contribution in [0.5, 0.6) is 11.5 Å². The first-order valence-corrected chi connectivity index (χ1v) is 10.8. The summed E-state index contributed by atoms with van der Waals surface area (Å²) in [7, 11) is 0. The monoisotopic (exact) mass is 430 g/mol. The fraction of sp³-hybridized carbons (Fsp3) is 0.478. The highest BCUT2D eigenvalue weighted by Gasteiger charge is 2.42. The van der Waals surface area contributed by atoms with E-state index in [1.807, 2.05) is 39.0 Å². The van der Waals surface area contributed by atoms with Crippen molar-refractivity contribution in [3.8, 4) is 11.5 Å². The molecule has 2 aromatic rings. The van der Waals surface area contributed by atoms with E-state index in [1.165, 1.54) is 0 Å². The average molecular weight is 431 g/mol. The largest absolute Gasteiger partial charge is 0.465 e. The Balaban J connectivity index is 1.48. The van der Waals surface area contributed by atoms with E-state index in [0.29, 0.717) is 23.2 Å². The lowest BCUT2D eigenvalue weighted by atomic mass is 9.88. The molecule has 2 atom stereocenters. The van der Waals surface area contributed by atoms with E-state index in [0.717, 1.165) is 43.0 Å². The third-order valence-electron chi connectivity index (χ3n) is 5.95. The Hall–Kier alpha value is -2.31. The minimum atomic E-state index is -0.984. The number of aromatic nitrogens is 1. The summed E-state index contributed by atoms with van der Waals surface area (Å²) in [4.78, 5) is 18.6. The van der Waals surface area contributed by atoms with Gasteiger partial charge in [-0.15, -0.1) is 0 Å². The predicted octanol–water partition coefficient (Wildman–Crippen LogP) is 4.51. The number of esters is 1. The van der Waals surface area contributed by atoms with Crippen molar-refractivity contribution in [1.82, 2.24) is 9.88 Å². The molecule has 0 amide bonds. The number of halogens is 1. The molecule has 0 radical (unpaired) electrons. The van der Waals surface area contributed by atoms with Crippen LogP contribution in [0.3, 0.4) is 0 Å². The van der Waals surface area contributed by atoms with Crippen molar-refractivity contribution in [1.29, 1.82) is 0 Å². The molecule has 3 heterocycles. The fourth-order valence-electron chi connectivity index (χ4n) is 4.23. The van der Waals surface area contributed by atoms with Crippen molar-refractivity contribution in [2.45, 2.75) is 51.4 Å². The van der Waals surface area contributed by atoms with Crippen molar-refractivity contribution in [3.63, 3.8) is 0 Å². The number of piperidine rings is 1. The van der Waals surface area contributed by atoms with Gasteiger partial charge in [0, 0.05) is 18.7 Å². The second kappa shape index (κ2) is 8.44. The molecule has 7 heteroatoms. The van der Waals surface area contributed by atoms with Crippen molar-refractivity contribution in [3.05, 3.63) is 52.8 Å². The number of carbonyl (C=O) groups is 1. The lowest BCUT2D eigenvalue weighted by Crippen LogP contribution is -2.44. The minimum Gasteiger partial charge on any atom is -0.465 e. The Bertz CT molecular complexity index is 912. The van der Waals surface area contributed by atoms with Gasteiger partial charge >= 0.3 is 5.97 Å². The molecule has 1 aromatic carbocycles. The van der Waals surface area contributed by atoms with Crippen LogP contribution in [0.1, 0.15) is 50.8 Å². The molecular formula is C23H27ClN2O4. The highest BCUT2D eigenvalue weighted by molar-refractivity contribution is 6.30. The van der Waals surface area contributed by atoms with E-state index in [-0.39, 0.29) is 12.0 Å². The first kappa shape index (κ1) is 20.9. The van der Waals surface area contributed by atoms with Crippen LogP contribution >= 0.6 is 11.6 Å². The number of benzene rings is 1. The highest BCUT2D eigenvalue weighted by atomic mass is 35.5. The highest BCUT2D eigenvalue weighted by Crippen LogP contribution is 2.49. The number of nitrogens with zero attached hydrogens (tertiary/aromatic N) is 2. The summed E-state index contributed by atoms with van der Waals surface area (Å²) >= 11 is 5.97. The normalized spacial score (nSPS) is 22.7.